The van der Waals surface area contributed by atoms with Gasteiger partial charge in [0.1, 0.15) is 5.82 Å². The number of rotatable bonds is 4. The molecule has 0 aliphatic carbocycles. The second-order valence-electron chi connectivity index (χ2n) is 3.97. The summed E-state index contributed by atoms with van der Waals surface area (Å²) in [5.74, 6) is 1.07. The maximum Gasteiger partial charge on any atom is 0.122 e. The molecule has 1 aromatic heterocycles. The lowest BCUT2D eigenvalue weighted by Gasteiger charge is -2.27. The first-order chi connectivity index (χ1) is 6.52. The number of aryl methyl sites for hydroxylation is 1. The zero-order valence-electron chi connectivity index (χ0n) is 9.44. The van der Waals surface area contributed by atoms with E-state index in [0.717, 1.165) is 12.4 Å². The lowest BCUT2D eigenvalue weighted by molar-refractivity contribution is 0.218. The van der Waals surface area contributed by atoms with Crippen molar-refractivity contribution in [3.63, 3.8) is 0 Å². The average Bonchev–Trinajstić information content (AvgIpc) is 2.50. The van der Waals surface area contributed by atoms with Gasteiger partial charge in [-0.2, -0.15) is 0 Å². The van der Waals surface area contributed by atoms with Gasteiger partial charge in [0.2, 0.25) is 0 Å². The maximum absolute atomic E-state index is 5.83. The predicted octanol–water partition coefficient (Wildman–Crippen LogP) is 0.588. The van der Waals surface area contributed by atoms with E-state index in [1.807, 2.05) is 30.9 Å². The largest absolute Gasteiger partial charge is 0.337 e. The number of hydrogen-bond donors (Lipinski definition) is 1. The van der Waals surface area contributed by atoms with E-state index in [1.165, 1.54) is 0 Å². The number of imidazole rings is 1. The number of hydrogen-bond acceptors (Lipinski definition) is 3. The van der Waals surface area contributed by atoms with E-state index in [-0.39, 0.29) is 6.04 Å². The molecule has 4 nitrogen and oxygen atoms in total. The van der Waals surface area contributed by atoms with Crippen LogP contribution in [-0.2, 0) is 13.6 Å². The van der Waals surface area contributed by atoms with E-state index in [1.54, 1.807) is 0 Å². The highest BCUT2D eigenvalue weighted by Crippen LogP contribution is 2.05. The molecular weight excluding hydrogens is 176 g/mol. The molecule has 14 heavy (non-hydrogen) atoms. The van der Waals surface area contributed by atoms with Gasteiger partial charge in [0.05, 0.1) is 6.54 Å². The van der Waals surface area contributed by atoms with Crippen molar-refractivity contribution in [3.05, 3.63) is 18.2 Å². The Hall–Kier alpha value is -0.870. The fraction of sp³-hybridized carbons (Fsp3) is 0.700. The second-order valence-corrected chi connectivity index (χ2v) is 3.97. The number of nitrogens with zero attached hydrogens (tertiary/aromatic N) is 3. The van der Waals surface area contributed by atoms with Crippen molar-refractivity contribution in [1.29, 1.82) is 0 Å². The lowest BCUT2D eigenvalue weighted by Crippen LogP contribution is -2.42. The molecule has 2 atom stereocenters. The van der Waals surface area contributed by atoms with E-state index in [4.69, 9.17) is 5.73 Å². The Kier molecular flexibility index (Phi) is 3.66. The van der Waals surface area contributed by atoms with Gasteiger partial charge in [-0.3, -0.25) is 4.90 Å². The fourth-order valence-electron chi connectivity index (χ4n) is 1.32. The van der Waals surface area contributed by atoms with Crippen LogP contribution in [0.2, 0.25) is 0 Å². The average molecular weight is 196 g/mol. The molecule has 0 bridgehead atoms. The van der Waals surface area contributed by atoms with Crippen LogP contribution >= 0.6 is 0 Å². The Morgan fingerprint density at radius 3 is 2.64 bits per heavy atom. The molecule has 0 spiro atoms. The van der Waals surface area contributed by atoms with Gasteiger partial charge in [-0.25, -0.2) is 4.98 Å². The van der Waals surface area contributed by atoms with Crippen LogP contribution in [0.25, 0.3) is 0 Å². The third-order valence-corrected chi connectivity index (χ3v) is 2.77. The lowest BCUT2D eigenvalue weighted by atomic mass is 10.1. The van der Waals surface area contributed by atoms with Crippen LogP contribution < -0.4 is 5.73 Å². The third kappa shape index (κ3) is 2.56. The minimum Gasteiger partial charge on any atom is -0.337 e. The summed E-state index contributed by atoms with van der Waals surface area (Å²) in [4.78, 5) is 6.49. The molecule has 0 aromatic carbocycles. The zero-order chi connectivity index (χ0) is 10.7. The second kappa shape index (κ2) is 4.57. The molecule has 0 fully saturated rings. The van der Waals surface area contributed by atoms with Gasteiger partial charge in [-0.15, -0.1) is 0 Å². The number of aromatic nitrogens is 2. The highest BCUT2D eigenvalue weighted by molar-refractivity contribution is 4.91. The molecule has 0 aliphatic heterocycles. The summed E-state index contributed by atoms with van der Waals surface area (Å²) >= 11 is 0. The van der Waals surface area contributed by atoms with Gasteiger partial charge < -0.3 is 10.3 Å². The molecule has 4 heteroatoms. The van der Waals surface area contributed by atoms with E-state index in [0.29, 0.717) is 6.04 Å². The quantitative estimate of drug-likeness (QED) is 0.766. The van der Waals surface area contributed by atoms with Crippen molar-refractivity contribution in [2.45, 2.75) is 32.5 Å². The summed E-state index contributed by atoms with van der Waals surface area (Å²) in [6.07, 6.45) is 3.78. The van der Waals surface area contributed by atoms with Crippen molar-refractivity contribution < 1.29 is 0 Å². The van der Waals surface area contributed by atoms with Crippen LogP contribution in [0.4, 0.5) is 0 Å². The molecule has 1 rings (SSSR count). The molecule has 1 aromatic rings. The Morgan fingerprint density at radius 1 is 1.57 bits per heavy atom. The van der Waals surface area contributed by atoms with Crippen LogP contribution in [0.5, 0.6) is 0 Å². The predicted molar refractivity (Wildman–Crippen MR) is 57.8 cm³/mol. The smallest absolute Gasteiger partial charge is 0.122 e. The highest BCUT2D eigenvalue weighted by atomic mass is 15.2. The van der Waals surface area contributed by atoms with Crippen molar-refractivity contribution in [2.24, 2.45) is 12.8 Å². The van der Waals surface area contributed by atoms with E-state index in [9.17, 15) is 0 Å². The Balaban J connectivity index is 2.57. The summed E-state index contributed by atoms with van der Waals surface area (Å²) in [6.45, 7) is 5.00. The van der Waals surface area contributed by atoms with E-state index >= 15 is 0 Å². The summed E-state index contributed by atoms with van der Waals surface area (Å²) in [5, 5.41) is 0. The van der Waals surface area contributed by atoms with E-state index < -0.39 is 0 Å². The molecule has 80 valence electrons. The first-order valence-corrected chi connectivity index (χ1v) is 4.94. The molecule has 0 saturated carbocycles. The first-order valence-electron chi connectivity index (χ1n) is 4.94. The Bertz CT molecular complexity index is 279. The number of likely N-dealkylation sites (N-methyl/N-ethyl adjacent to an activating group) is 1. The minimum atomic E-state index is 0.181. The van der Waals surface area contributed by atoms with Crippen LogP contribution in [0.15, 0.2) is 12.4 Å². The monoisotopic (exact) mass is 196 g/mol. The minimum absolute atomic E-state index is 0.181. The van der Waals surface area contributed by atoms with Gasteiger partial charge in [0, 0.05) is 31.5 Å². The molecule has 1 heterocycles. The van der Waals surface area contributed by atoms with Crippen LogP contribution in [-0.4, -0.2) is 33.6 Å². The SMILES string of the molecule is CC(N)C(C)N(C)Cc1nccn1C. The summed E-state index contributed by atoms with van der Waals surface area (Å²) in [6, 6.07) is 0.548. The standard InChI is InChI=1S/C10H20N4/c1-8(11)9(2)14(4)7-10-12-5-6-13(10)3/h5-6,8-9H,7,11H2,1-4H3. The van der Waals surface area contributed by atoms with E-state index in [2.05, 4.69) is 23.9 Å². The van der Waals surface area contributed by atoms with Crippen LogP contribution in [0, 0.1) is 0 Å². The summed E-state index contributed by atoms with van der Waals surface area (Å²) in [5.41, 5.74) is 5.83. The van der Waals surface area contributed by atoms with Gasteiger partial charge >= 0.3 is 0 Å². The molecule has 0 radical (unpaired) electrons. The zero-order valence-corrected chi connectivity index (χ0v) is 9.44. The molecule has 0 aliphatic rings. The van der Waals surface area contributed by atoms with Crippen molar-refractivity contribution in [2.75, 3.05) is 7.05 Å². The fourth-order valence-corrected chi connectivity index (χ4v) is 1.32. The topological polar surface area (TPSA) is 47.1 Å². The maximum atomic E-state index is 5.83. The van der Waals surface area contributed by atoms with Gasteiger partial charge in [0.25, 0.3) is 0 Å². The first kappa shape index (κ1) is 11.2. The van der Waals surface area contributed by atoms with Crippen molar-refractivity contribution in [1.82, 2.24) is 14.5 Å². The summed E-state index contributed by atoms with van der Waals surface area (Å²) < 4.78 is 2.03. The van der Waals surface area contributed by atoms with Crippen molar-refractivity contribution >= 4 is 0 Å². The molecular formula is C10H20N4. The highest BCUT2D eigenvalue weighted by Gasteiger charge is 2.14. The van der Waals surface area contributed by atoms with Crippen LogP contribution in [0.1, 0.15) is 19.7 Å². The Labute approximate surface area is 85.7 Å². The Morgan fingerprint density at radius 2 is 2.21 bits per heavy atom. The van der Waals surface area contributed by atoms with Crippen LogP contribution in [0.3, 0.4) is 0 Å². The molecule has 2 unspecified atom stereocenters. The van der Waals surface area contributed by atoms with Gasteiger partial charge in [0.15, 0.2) is 0 Å². The summed E-state index contributed by atoms with van der Waals surface area (Å²) in [7, 11) is 4.08. The van der Waals surface area contributed by atoms with Crippen molar-refractivity contribution in [3.8, 4) is 0 Å². The van der Waals surface area contributed by atoms with Gasteiger partial charge in [-0.1, -0.05) is 0 Å². The number of nitrogens with two attached hydrogens (primary N) is 1. The normalized spacial score (nSPS) is 15.9. The third-order valence-electron chi connectivity index (χ3n) is 2.77. The molecule has 0 amide bonds. The molecule has 0 saturated heterocycles. The van der Waals surface area contributed by atoms with Gasteiger partial charge in [-0.05, 0) is 20.9 Å². The molecule has 2 N–H and O–H groups in total.